The van der Waals surface area contributed by atoms with Crippen LogP contribution in [0.1, 0.15) is 6.92 Å². The summed E-state index contributed by atoms with van der Waals surface area (Å²) in [5, 5.41) is 12.4. The standard InChI is InChI=1S/C27H25ClFN7O3S/c1-2-39-19-8-20(25-21-10-31-32-27(21)33-36(25)15-19)16-6-7-24(30-9-16)34-11-17-13-35(14-18(17)12-34)40(37,38)26-22(28)4-3-5-23(26)29/h3-10,15,17-18H,2,11-14H2,1H3,(H,32,33)/t17-,18?/m1/s1. The van der Waals surface area contributed by atoms with Crippen molar-refractivity contribution in [2.45, 2.75) is 11.8 Å². The molecule has 0 bridgehead atoms. The zero-order valence-corrected chi connectivity index (χ0v) is 23.0. The molecule has 0 aliphatic carbocycles. The number of sulfonamides is 1. The second-order valence-electron chi connectivity index (χ2n) is 10.2. The molecule has 1 N–H and O–H groups in total. The molecule has 2 aliphatic rings. The molecule has 40 heavy (non-hydrogen) atoms. The molecule has 4 aromatic heterocycles. The number of anilines is 1. The van der Waals surface area contributed by atoms with Gasteiger partial charge in [-0.25, -0.2) is 22.3 Å². The average molecular weight is 582 g/mol. The van der Waals surface area contributed by atoms with Crippen LogP contribution in [0.3, 0.4) is 0 Å². The van der Waals surface area contributed by atoms with Crippen molar-refractivity contribution in [3.8, 4) is 16.9 Å². The molecule has 1 unspecified atom stereocenters. The molecule has 206 valence electrons. The summed E-state index contributed by atoms with van der Waals surface area (Å²) in [4.78, 5) is 6.50. The van der Waals surface area contributed by atoms with Crippen molar-refractivity contribution in [3.63, 3.8) is 0 Å². The van der Waals surface area contributed by atoms with Crippen molar-refractivity contribution < 1.29 is 17.5 Å². The van der Waals surface area contributed by atoms with Crippen LogP contribution in [0.4, 0.5) is 10.2 Å². The first-order valence-electron chi connectivity index (χ1n) is 13.0. The van der Waals surface area contributed by atoms with Gasteiger partial charge < -0.3 is 9.64 Å². The fourth-order valence-electron chi connectivity index (χ4n) is 5.93. The third kappa shape index (κ3) is 4.01. The van der Waals surface area contributed by atoms with Gasteiger partial charge in [-0.15, -0.1) is 5.10 Å². The van der Waals surface area contributed by atoms with E-state index in [1.54, 1.807) is 10.7 Å². The van der Waals surface area contributed by atoms with Crippen LogP contribution in [0.25, 0.3) is 27.7 Å². The Bertz CT molecular complexity index is 1820. The minimum Gasteiger partial charge on any atom is -0.492 e. The van der Waals surface area contributed by atoms with E-state index in [-0.39, 0.29) is 16.9 Å². The number of ether oxygens (including phenoxy) is 1. The maximum Gasteiger partial charge on any atom is 0.247 e. The van der Waals surface area contributed by atoms with Crippen molar-refractivity contribution in [1.29, 1.82) is 0 Å². The summed E-state index contributed by atoms with van der Waals surface area (Å²) >= 11 is 6.07. The molecule has 13 heteroatoms. The molecule has 6 heterocycles. The average Bonchev–Trinajstić information content (AvgIpc) is 3.69. The third-order valence-electron chi connectivity index (χ3n) is 7.77. The minimum absolute atomic E-state index is 0.100. The molecule has 7 rings (SSSR count). The van der Waals surface area contributed by atoms with Gasteiger partial charge in [0.15, 0.2) is 5.65 Å². The molecule has 0 amide bonds. The molecule has 2 saturated heterocycles. The van der Waals surface area contributed by atoms with Gasteiger partial charge in [-0.1, -0.05) is 17.7 Å². The van der Waals surface area contributed by atoms with Gasteiger partial charge in [0.25, 0.3) is 0 Å². The fourth-order valence-corrected chi connectivity index (χ4v) is 8.05. The van der Waals surface area contributed by atoms with Gasteiger partial charge in [-0.3, -0.25) is 5.10 Å². The number of aromatic nitrogens is 5. The summed E-state index contributed by atoms with van der Waals surface area (Å²) in [5.41, 5.74) is 3.45. The smallest absolute Gasteiger partial charge is 0.247 e. The second-order valence-corrected chi connectivity index (χ2v) is 12.4. The molecule has 5 aromatic rings. The van der Waals surface area contributed by atoms with Crippen molar-refractivity contribution in [2.75, 3.05) is 37.7 Å². The summed E-state index contributed by atoms with van der Waals surface area (Å²) in [7, 11) is -4.02. The molecular weight excluding hydrogens is 557 g/mol. The van der Waals surface area contributed by atoms with E-state index >= 15 is 0 Å². The molecule has 2 fully saturated rings. The maximum atomic E-state index is 14.4. The molecule has 0 saturated carbocycles. The van der Waals surface area contributed by atoms with E-state index in [9.17, 15) is 12.8 Å². The molecular formula is C27H25ClFN7O3S. The number of fused-ring (bicyclic) bond motifs is 4. The van der Waals surface area contributed by atoms with Crippen molar-refractivity contribution in [2.24, 2.45) is 11.8 Å². The zero-order valence-electron chi connectivity index (χ0n) is 21.5. The van der Waals surface area contributed by atoms with Crippen LogP contribution in [0.2, 0.25) is 5.02 Å². The predicted molar refractivity (Wildman–Crippen MR) is 149 cm³/mol. The topological polar surface area (TPSA) is 109 Å². The summed E-state index contributed by atoms with van der Waals surface area (Å²) in [6, 6.07) is 9.91. The van der Waals surface area contributed by atoms with Gasteiger partial charge in [-0.2, -0.15) is 9.40 Å². The number of H-pyrrole nitrogens is 1. The van der Waals surface area contributed by atoms with Crippen LogP contribution in [0.15, 0.2) is 59.9 Å². The number of hydrogen-bond donors (Lipinski definition) is 1. The highest BCUT2D eigenvalue weighted by molar-refractivity contribution is 7.89. The van der Waals surface area contributed by atoms with E-state index in [0.717, 1.165) is 33.9 Å². The Labute approximate surface area is 234 Å². The summed E-state index contributed by atoms with van der Waals surface area (Å²) in [6.45, 7) is 4.43. The van der Waals surface area contributed by atoms with Gasteiger partial charge in [0.2, 0.25) is 10.0 Å². The van der Waals surface area contributed by atoms with Crippen molar-refractivity contribution >= 4 is 44.0 Å². The van der Waals surface area contributed by atoms with Crippen LogP contribution in [0, 0.1) is 17.7 Å². The Kier molecular flexibility index (Phi) is 5.95. The second kappa shape index (κ2) is 9.43. The maximum absolute atomic E-state index is 14.4. The molecule has 10 nitrogen and oxygen atoms in total. The lowest BCUT2D eigenvalue weighted by Gasteiger charge is -2.23. The Morgan fingerprint density at radius 2 is 1.93 bits per heavy atom. The first kappa shape index (κ1) is 25.2. The predicted octanol–water partition coefficient (Wildman–Crippen LogP) is 4.22. The Morgan fingerprint density at radius 1 is 1.12 bits per heavy atom. The largest absolute Gasteiger partial charge is 0.492 e. The number of nitrogens with zero attached hydrogens (tertiary/aromatic N) is 6. The molecule has 0 spiro atoms. The number of aromatic amines is 1. The first-order valence-corrected chi connectivity index (χ1v) is 14.8. The van der Waals surface area contributed by atoms with Crippen LogP contribution in [-0.4, -0.2) is 70.3 Å². The van der Waals surface area contributed by atoms with E-state index in [4.69, 9.17) is 21.3 Å². The highest BCUT2D eigenvalue weighted by Crippen LogP contribution is 2.38. The van der Waals surface area contributed by atoms with Crippen LogP contribution in [-0.2, 0) is 10.0 Å². The first-order chi connectivity index (χ1) is 19.3. The highest BCUT2D eigenvalue weighted by atomic mass is 35.5. The van der Waals surface area contributed by atoms with Crippen molar-refractivity contribution in [1.82, 2.24) is 29.1 Å². The fraction of sp³-hybridized carbons (Fsp3) is 0.296. The van der Waals surface area contributed by atoms with Gasteiger partial charge in [0.05, 0.1) is 34.9 Å². The van der Waals surface area contributed by atoms with E-state index in [2.05, 4.69) is 20.2 Å². The Morgan fingerprint density at radius 3 is 2.62 bits per heavy atom. The van der Waals surface area contributed by atoms with E-state index < -0.39 is 20.7 Å². The van der Waals surface area contributed by atoms with E-state index in [1.807, 2.05) is 37.5 Å². The summed E-state index contributed by atoms with van der Waals surface area (Å²) < 4.78 is 49.7. The molecule has 2 atom stereocenters. The molecule has 0 radical (unpaired) electrons. The number of benzene rings is 1. The third-order valence-corrected chi connectivity index (χ3v) is 10.1. The Balaban J connectivity index is 1.12. The minimum atomic E-state index is -4.02. The van der Waals surface area contributed by atoms with E-state index in [1.165, 1.54) is 16.4 Å². The molecule has 1 aromatic carbocycles. The summed E-state index contributed by atoms with van der Waals surface area (Å²) in [5.74, 6) is 0.930. The van der Waals surface area contributed by atoms with Gasteiger partial charge in [0, 0.05) is 43.5 Å². The van der Waals surface area contributed by atoms with Gasteiger partial charge >= 0.3 is 0 Å². The summed E-state index contributed by atoms with van der Waals surface area (Å²) in [6.07, 6.45) is 5.45. The van der Waals surface area contributed by atoms with Crippen LogP contribution in [0.5, 0.6) is 5.75 Å². The van der Waals surface area contributed by atoms with E-state index in [0.29, 0.717) is 44.2 Å². The number of hydrogen-bond acceptors (Lipinski definition) is 7. The number of pyridine rings is 2. The zero-order chi connectivity index (χ0) is 27.6. The SMILES string of the molecule is CCOc1cc(-c2ccc(N3CC4CN(S(=O)(=O)c5c(F)cccc5Cl)C[C@H]4C3)nc2)c2c3cn[nH]c3nn2c1. The quantitative estimate of drug-likeness (QED) is 0.320. The number of nitrogens with one attached hydrogen (secondary N) is 1. The monoisotopic (exact) mass is 581 g/mol. The highest BCUT2D eigenvalue weighted by Gasteiger charge is 2.45. The lowest BCUT2D eigenvalue weighted by molar-refractivity contribution is 0.338. The van der Waals surface area contributed by atoms with Crippen LogP contribution >= 0.6 is 11.6 Å². The van der Waals surface area contributed by atoms with Gasteiger partial charge in [-0.05, 0) is 49.1 Å². The molecule has 2 aliphatic heterocycles. The lowest BCUT2D eigenvalue weighted by atomic mass is 10.0. The van der Waals surface area contributed by atoms with Crippen LogP contribution < -0.4 is 9.64 Å². The normalized spacial score (nSPS) is 19.6. The Hall–Kier alpha value is -3.74. The lowest BCUT2D eigenvalue weighted by Crippen LogP contribution is -2.34. The number of rotatable bonds is 6. The number of halogens is 2. The van der Waals surface area contributed by atoms with Gasteiger partial charge in [0.1, 0.15) is 22.3 Å². The van der Waals surface area contributed by atoms with Crippen molar-refractivity contribution in [3.05, 3.63) is 65.8 Å².